The SMILES string of the molecule is CCOc1cc([C@@H]2CCOC(=O)N2)ccc1OCc1ccccc1. The van der Waals surface area contributed by atoms with E-state index in [1.165, 1.54) is 0 Å². The summed E-state index contributed by atoms with van der Waals surface area (Å²) in [4.78, 5) is 11.4. The normalized spacial score (nSPS) is 16.9. The molecule has 0 radical (unpaired) electrons. The smallest absolute Gasteiger partial charge is 0.407 e. The second kappa shape index (κ2) is 7.73. The summed E-state index contributed by atoms with van der Waals surface area (Å²) in [5.74, 6) is 1.38. The Kier molecular flexibility index (Phi) is 5.21. The number of nitrogens with one attached hydrogen (secondary N) is 1. The van der Waals surface area contributed by atoms with E-state index >= 15 is 0 Å². The van der Waals surface area contributed by atoms with Crippen LogP contribution >= 0.6 is 0 Å². The van der Waals surface area contributed by atoms with Gasteiger partial charge in [-0.15, -0.1) is 0 Å². The molecular formula is C19H21NO4. The van der Waals surface area contributed by atoms with Gasteiger partial charge in [-0.25, -0.2) is 4.79 Å². The molecule has 1 fully saturated rings. The number of benzene rings is 2. The van der Waals surface area contributed by atoms with Crippen molar-refractivity contribution in [2.24, 2.45) is 0 Å². The van der Waals surface area contributed by atoms with Crippen LogP contribution < -0.4 is 14.8 Å². The van der Waals surface area contributed by atoms with Crippen molar-refractivity contribution in [2.45, 2.75) is 26.0 Å². The van der Waals surface area contributed by atoms with Gasteiger partial charge in [-0.2, -0.15) is 0 Å². The molecule has 2 aromatic rings. The Labute approximate surface area is 141 Å². The van der Waals surface area contributed by atoms with Crippen LogP contribution in [0.4, 0.5) is 4.79 Å². The minimum absolute atomic E-state index is 0.0615. The van der Waals surface area contributed by atoms with E-state index in [0.29, 0.717) is 31.3 Å². The van der Waals surface area contributed by atoms with Crippen molar-refractivity contribution >= 4 is 6.09 Å². The maximum Gasteiger partial charge on any atom is 0.407 e. The summed E-state index contributed by atoms with van der Waals surface area (Å²) in [6, 6.07) is 15.7. The number of cyclic esters (lactones) is 1. The van der Waals surface area contributed by atoms with Crippen molar-refractivity contribution < 1.29 is 19.0 Å². The van der Waals surface area contributed by atoms with Crippen LogP contribution in [0.25, 0.3) is 0 Å². The van der Waals surface area contributed by atoms with Gasteiger partial charge in [0.25, 0.3) is 0 Å². The second-order valence-corrected chi connectivity index (χ2v) is 5.53. The van der Waals surface area contributed by atoms with Crippen LogP contribution in [0, 0.1) is 0 Å². The first-order valence-electron chi connectivity index (χ1n) is 8.13. The Morgan fingerprint density at radius 2 is 1.96 bits per heavy atom. The lowest BCUT2D eigenvalue weighted by Crippen LogP contribution is -2.35. The molecule has 3 rings (SSSR count). The van der Waals surface area contributed by atoms with Crippen molar-refractivity contribution in [3.63, 3.8) is 0 Å². The van der Waals surface area contributed by atoms with Crippen LogP contribution in [0.1, 0.15) is 30.5 Å². The van der Waals surface area contributed by atoms with Crippen LogP contribution in [0.2, 0.25) is 0 Å². The summed E-state index contributed by atoms with van der Waals surface area (Å²) in [7, 11) is 0. The van der Waals surface area contributed by atoms with Gasteiger partial charge in [-0.05, 0) is 30.2 Å². The highest BCUT2D eigenvalue weighted by Crippen LogP contribution is 2.32. The van der Waals surface area contributed by atoms with Crippen LogP contribution in [0.3, 0.4) is 0 Å². The van der Waals surface area contributed by atoms with E-state index in [0.717, 1.165) is 17.5 Å². The molecule has 5 nitrogen and oxygen atoms in total. The van der Waals surface area contributed by atoms with E-state index in [-0.39, 0.29) is 12.1 Å². The fraction of sp³-hybridized carbons (Fsp3) is 0.316. The molecule has 0 spiro atoms. The number of hydrogen-bond acceptors (Lipinski definition) is 4. The highest BCUT2D eigenvalue weighted by molar-refractivity contribution is 5.68. The fourth-order valence-corrected chi connectivity index (χ4v) is 2.64. The van der Waals surface area contributed by atoms with E-state index in [4.69, 9.17) is 14.2 Å². The zero-order valence-electron chi connectivity index (χ0n) is 13.7. The summed E-state index contributed by atoms with van der Waals surface area (Å²) in [5, 5.41) is 2.82. The van der Waals surface area contributed by atoms with Crippen LogP contribution in [0.5, 0.6) is 11.5 Å². The molecule has 1 N–H and O–H groups in total. The molecule has 0 bridgehead atoms. The maximum absolute atomic E-state index is 11.4. The quantitative estimate of drug-likeness (QED) is 0.876. The Bertz CT molecular complexity index is 687. The summed E-state index contributed by atoms with van der Waals surface area (Å²) >= 11 is 0. The van der Waals surface area contributed by atoms with Gasteiger partial charge in [0.1, 0.15) is 6.61 Å². The lowest BCUT2D eigenvalue weighted by Gasteiger charge is -2.24. The minimum atomic E-state index is -0.381. The molecule has 126 valence electrons. The van der Waals surface area contributed by atoms with Gasteiger partial charge in [0.2, 0.25) is 0 Å². The van der Waals surface area contributed by atoms with E-state index < -0.39 is 0 Å². The molecule has 0 unspecified atom stereocenters. The van der Waals surface area contributed by atoms with Crippen molar-refractivity contribution in [3.8, 4) is 11.5 Å². The standard InChI is InChI=1S/C19H21NO4/c1-2-22-18-12-15(16-10-11-23-19(21)20-16)8-9-17(18)24-13-14-6-4-3-5-7-14/h3-9,12,16H,2,10-11,13H2,1H3,(H,20,21)/t16-/m0/s1. The zero-order chi connectivity index (χ0) is 16.8. The maximum atomic E-state index is 11.4. The van der Waals surface area contributed by atoms with Gasteiger partial charge in [-0.1, -0.05) is 36.4 Å². The zero-order valence-corrected chi connectivity index (χ0v) is 13.7. The van der Waals surface area contributed by atoms with Gasteiger partial charge in [0, 0.05) is 6.42 Å². The van der Waals surface area contributed by atoms with Crippen LogP contribution in [0.15, 0.2) is 48.5 Å². The third kappa shape index (κ3) is 3.98. The largest absolute Gasteiger partial charge is 0.490 e. The number of rotatable bonds is 6. The lowest BCUT2D eigenvalue weighted by atomic mass is 10.0. The van der Waals surface area contributed by atoms with Gasteiger partial charge in [0.05, 0.1) is 19.3 Å². The number of amides is 1. The van der Waals surface area contributed by atoms with Crippen molar-refractivity contribution in [2.75, 3.05) is 13.2 Å². The third-order valence-electron chi connectivity index (χ3n) is 3.84. The Balaban J connectivity index is 1.75. The first-order chi connectivity index (χ1) is 11.8. The van der Waals surface area contributed by atoms with Crippen molar-refractivity contribution in [3.05, 3.63) is 59.7 Å². The van der Waals surface area contributed by atoms with E-state index in [1.807, 2.05) is 55.5 Å². The van der Waals surface area contributed by atoms with Gasteiger partial charge < -0.3 is 19.5 Å². The molecule has 1 amide bonds. The van der Waals surface area contributed by atoms with Gasteiger partial charge in [0.15, 0.2) is 11.5 Å². The van der Waals surface area contributed by atoms with Crippen LogP contribution in [-0.4, -0.2) is 19.3 Å². The monoisotopic (exact) mass is 327 g/mol. The van der Waals surface area contributed by atoms with Crippen molar-refractivity contribution in [1.82, 2.24) is 5.32 Å². The molecule has 1 atom stereocenters. The van der Waals surface area contributed by atoms with E-state index in [9.17, 15) is 4.79 Å². The van der Waals surface area contributed by atoms with Gasteiger partial charge in [-0.3, -0.25) is 0 Å². The topological polar surface area (TPSA) is 56.8 Å². The summed E-state index contributed by atoms with van der Waals surface area (Å²) < 4.78 is 16.5. The second-order valence-electron chi connectivity index (χ2n) is 5.53. The molecule has 1 heterocycles. The molecule has 0 aromatic heterocycles. The van der Waals surface area contributed by atoms with E-state index in [1.54, 1.807) is 0 Å². The fourth-order valence-electron chi connectivity index (χ4n) is 2.64. The molecule has 1 aliphatic rings. The Morgan fingerprint density at radius 1 is 1.12 bits per heavy atom. The molecule has 2 aromatic carbocycles. The Hall–Kier alpha value is -2.69. The first-order valence-corrected chi connectivity index (χ1v) is 8.13. The molecular weight excluding hydrogens is 306 g/mol. The molecule has 0 aliphatic carbocycles. The van der Waals surface area contributed by atoms with E-state index in [2.05, 4.69) is 5.32 Å². The third-order valence-corrected chi connectivity index (χ3v) is 3.84. The average Bonchev–Trinajstić information content (AvgIpc) is 2.62. The Morgan fingerprint density at radius 3 is 2.71 bits per heavy atom. The predicted molar refractivity (Wildman–Crippen MR) is 90.2 cm³/mol. The molecule has 24 heavy (non-hydrogen) atoms. The number of carbonyl (C=O) groups excluding carboxylic acids is 1. The molecule has 1 aliphatic heterocycles. The number of hydrogen-bond donors (Lipinski definition) is 1. The first kappa shape index (κ1) is 16.2. The summed E-state index contributed by atoms with van der Waals surface area (Å²) in [6.45, 7) is 3.39. The van der Waals surface area contributed by atoms with Crippen LogP contribution in [-0.2, 0) is 11.3 Å². The summed E-state index contributed by atoms with van der Waals surface area (Å²) in [6.07, 6.45) is 0.357. The summed E-state index contributed by atoms with van der Waals surface area (Å²) in [5.41, 5.74) is 2.09. The minimum Gasteiger partial charge on any atom is -0.490 e. The molecule has 1 saturated heterocycles. The molecule has 5 heteroatoms. The highest BCUT2D eigenvalue weighted by Gasteiger charge is 2.22. The van der Waals surface area contributed by atoms with Crippen molar-refractivity contribution in [1.29, 1.82) is 0 Å². The lowest BCUT2D eigenvalue weighted by molar-refractivity contribution is 0.115. The average molecular weight is 327 g/mol. The number of carbonyl (C=O) groups is 1. The highest BCUT2D eigenvalue weighted by atomic mass is 16.6. The molecule has 0 saturated carbocycles. The number of alkyl carbamates (subject to hydrolysis) is 1. The predicted octanol–water partition coefficient (Wildman–Crippen LogP) is 3.84. The number of ether oxygens (including phenoxy) is 3. The van der Waals surface area contributed by atoms with Gasteiger partial charge >= 0.3 is 6.09 Å².